The Hall–Kier alpha value is -1.70. The highest BCUT2D eigenvalue weighted by Crippen LogP contribution is 2.33. The molecule has 0 aliphatic rings. The molecule has 0 aliphatic carbocycles. The van der Waals surface area contributed by atoms with Crippen LogP contribution in [0.15, 0.2) is 48.5 Å². The van der Waals surface area contributed by atoms with Crippen LogP contribution in [-0.2, 0) is 7.05 Å². The van der Waals surface area contributed by atoms with Gasteiger partial charge in [-0.15, -0.1) is 0 Å². The van der Waals surface area contributed by atoms with Gasteiger partial charge in [-0.2, -0.15) is 0 Å². The van der Waals surface area contributed by atoms with Gasteiger partial charge in [-0.1, -0.05) is 35.3 Å². The number of halogens is 2. The van der Waals surface area contributed by atoms with Gasteiger partial charge in [-0.3, -0.25) is 0 Å². The highest BCUT2D eigenvalue weighted by Gasteiger charge is 2.09. The number of hydrogen-bond donors (Lipinski definition) is 0. The molecule has 4 aromatic rings. The standard InChI is InChI=1S/C17H11Cl2N/c1-20-16-8-11-6-12(18)3-2-10(11)7-15(16)14-5-4-13(19)9-17(14)20/h2-9H,1H3. The number of aryl methyl sites for hydroxylation is 1. The summed E-state index contributed by atoms with van der Waals surface area (Å²) in [4.78, 5) is 0. The number of nitrogens with zero attached hydrogens (tertiary/aromatic N) is 1. The molecule has 0 unspecified atom stereocenters. The van der Waals surface area contributed by atoms with Crippen molar-refractivity contribution in [2.75, 3.05) is 0 Å². The van der Waals surface area contributed by atoms with Gasteiger partial charge in [0.05, 0.1) is 5.52 Å². The summed E-state index contributed by atoms with van der Waals surface area (Å²) < 4.78 is 2.18. The van der Waals surface area contributed by atoms with Crippen LogP contribution in [0.5, 0.6) is 0 Å². The van der Waals surface area contributed by atoms with Crippen molar-refractivity contribution in [1.29, 1.82) is 0 Å². The summed E-state index contributed by atoms with van der Waals surface area (Å²) in [6.45, 7) is 0. The minimum Gasteiger partial charge on any atom is -0.344 e. The quantitative estimate of drug-likeness (QED) is 0.387. The van der Waals surface area contributed by atoms with E-state index in [2.05, 4.69) is 35.9 Å². The van der Waals surface area contributed by atoms with E-state index in [9.17, 15) is 0 Å². The van der Waals surface area contributed by atoms with E-state index >= 15 is 0 Å². The van der Waals surface area contributed by atoms with Gasteiger partial charge in [-0.25, -0.2) is 0 Å². The van der Waals surface area contributed by atoms with E-state index in [1.807, 2.05) is 24.3 Å². The fourth-order valence-electron chi connectivity index (χ4n) is 2.89. The molecule has 0 fully saturated rings. The van der Waals surface area contributed by atoms with Crippen molar-refractivity contribution >= 4 is 55.8 Å². The minimum atomic E-state index is 0.760. The average molecular weight is 300 g/mol. The van der Waals surface area contributed by atoms with E-state index in [0.717, 1.165) is 20.9 Å². The van der Waals surface area contributed by atoms with Crippen molar-refractivity contribution in [2.45, 2.75) is 0 Å². The van der Waals surface area contributed by atoms with Crippen LogP contribution in [0.2, 0.25) is 10.0 Å². The molecular formula is C17H11Cl2N. The average Bonchev–Trinajstić information content (AvgIpc) is 2.69. The predicted molar refractivity (Wildman–Crippen MR) is 88.0 cm³/mol. The second-order valence-corrected chi connectivity index (χ2v) is 5.95. The Labute approximate surface area is 126 Å². The molecule has 0 bridgehead atoms. The lowest BCUT2D eigenvalue weighted by Gasteiger charge is -2.01. The van der Waals surface area contributed by atoms with Crippen LogP contribution in [0, 0.1) is 0 Å². The Morgan fingerprint density at radius 3 is 2.25 bits per heavy atom. The third-order valence-corrected chi connectivity index (χ3v) is 4.36. The van der Waals surface area contributed by atoms with Crippen molar-refractivity contribution in [1.82, 2.24) is 4.57 Å². The fourth-order valence-corrected chi connectivity index (χ4v) is 3.24. The molecule has 0 aliphatic heterocycles. The summed E-state index contributed by atoms with van der Waals surface area (Å²) in [7, 11) is 2.07. The van der Waals surface area contributed by atoms with Crippen LogP contribution in [0.25, 0.3) is 32.6 Å². The van der Waals surface area contributed by atoms with E-state index in [-0.39, 0.29) is 0 Å². The first-order valence-corrected chi connectivity index (χ1v) is 7.16. The Kier molecular flexibility index (Phi) is 2.50. The molecule has 1 heterocycles. The molecule has 20 heavy (non-hydrogen) atoms. The molecule has 98 valence electrons. The van der Waals surface area contributed by atoms with Gasteiger partial charge in [0.2, 0.25) is 0 Å². The van der Waals surface area contributed by atoms with Crippen molar-refractivity contribution in [3.05, 3.63) is 58.6 Å². The fraction of sp³-hybridized carbons (Fsp3) is 0.0588. The lowest BCUT2D eigenvalue weighted by Crippen LogP contribution is -1.86. The summed E-state index contributed by atoms with van der Waals surface area (Å²) >= 11 is 12.2. The van der Waals surface area contributed by atoms with Crippen LogP contribution in [0.4, 0.5) is 0 Å². The molecule has 3 heteroatoms. The molecule has 0 N–H and O–H groups in total. The molecule has 1 aromatic heterocycles. The van der Waals surface area contributed by atoms with Gasteiger partial charge >= 0.3 is 0 Å². The van der Waals surface area contributed by atoms with E-state index in [1.54, 1.807) is 0 Å². The van der Waals surface area contributed by atoms with Gasteiger partial charge < -0.3 is 4.57 Å². The highest BCUT2D eigenvalue weighted by atomic mass is 35.5. The van der Waals surface area contributed by atoms with Crippen molar-refractivity contribution in [2.24, 2.45) is 7.05 Å². The van der Waals surface area contributed by atoms with Crippen molar-refractivity contribution < 1.29 is 0 Å². The third-order valence-electron chi connectivity index (χ3n) is 3.89. The van der Waals surface area contributed by atoms with Crippen molar-refractivity contribution in [3.63, 3.8) is 0 Å². The number of hydrogen-bond acceptors (Lipinski definition) is 0. The maximum atomic E-state index is 6.11. The number of aromatic nitrogens is 1. The maximum absolute atomic E-state index is 6.11. The van der Waals surface area contributed by atoms with Crippen LogP contribution in [0.1, 0.15) is 0 Å². The van der Waals surface area contributed by atoms with Gasteiger partial charge in [-0.05, 0) is 47.2 Å². The maximum Gasteiger partial charge on any atom is 0.0503 e. The normalized spacial score (nSPS) is 11.8. The molecule has 0 saturated heterocycles. The van der Waals surface area contributed by atoms with Gasteiger partial charge in [0.15, 0.2) is 0 Å². The lowest BCUT2D eigenvalue weighted by molar-refractivity contribution is 1.02. The molecule has 0 spiro atoms. The van der Waals surface area contributed by atoms with E-state index in [1.165, 1.54) is 21.7 Å². The zero-order valence-electron chi connectivity index (χ0n) is 10.8. The van der Waals surface area contributed by atoms with Gasteiger partial charge in [0.1, 0.15) is 0 Å². The third kappa shape index (κ3) is 1.64. The van der Waals surface area contributed by atoms with Crippen LogP contribution in [0.3, 0.4) is 0 Å². The molecule has 1 nitrogen and oxygen atoms in total. The summed E-state index contributed by atoms with van der Waals surface area (Å²) in [5.74, 6) is 0. The number of rotatable bonds is 0. The zero-order valence-corrected chi connectivity index (χ0v) is 12.3. The van der Waals surface area contributed by atoms with Crippen LogP contribution < -0.4 is 0 Å². The topological polar surface area (TPSA) is 4.93 Å². The Balaban J connectivity index is 2.25. The molecule has 0 saturated carbocycles. The van der Waals surface area contributed by atoms with Crippen molar-refractivity contribution in [3.8, 4) is 0 Å². The molecule has 0 atom stereocenters. The number of fused-ring (bicyclic) bond motifs is 4. The molecule has 3 aromatic carbocycles. The monoisotopic (exact) mass is 299 g/mol. The Bertz CT molecular complexity index is 983. The summed E-state index contributed by atoms with van der Waals surface area (Å²) in [5.41, 5.74) is 2.34. The largest absolute Gasteiger partial charge is 0.344 e. The van der Waals surface area contributed by atoms with E-state index < -0.39 is 0 Å². The van der Waals surface area contributed by atoms with E-state index in [0.29, 0.717) is 0 Å². The first kappa shape index (κ1) is 12.1. The summed E-state index contributed by atoms with van der Waals surface area (Å²) in [6.07, 6.45) is 0. The molecule has 0 radical (unpaired) electrons. The molecule has 4 rings (SSSR count). The van der Waals surface area contributed by atoms with Gasteiger partial charge in [0, 0.05) is 33.4 Å². The van der Waals surface area contributed by atoms with Gasteiger partial charge in [0.25, 0.3) is 0 Å². The van der Waals surface area contributed by atoms with E-state index in [4.69, 9.17) is 23.2 Å². The number of benzene rings is 3. The molecule has 0 amide bonds. The van der Waals surface area contributed by atoms with Crippen LogP contribution >= 0.6 is 23.2 Å². The predicted octanol–water partition coefficient (Wildman–Crippen LogP) is 5.79. The summed E-state index contributed by atoms with van der Waals surface area (Å²) in [6, 6.07) is 16.4. The second-order valence-electron chi connectivity index (χ2n) is 5.08. The second kappa shape index (κ2) is 4.15. The molecular weight excluding hydrogens is 289 g/mol. The smallest absolute Gasteiger partial charge is 0.0503 e. The lowest BCUT2D eigenvalue weighted by atomic mass is 10.1. The SMILES string of the molecule is Cn1c2cc(Cl)ccc2c2cc3ccc(Cl)cc3cc21. The highest BCUT2D eigenvalue weighted by molar-refractivity contribution is 6.32. The van der Waals surface area contributed by atoms with Crippen LogP contribution in [-0.4, -0.2) is 4.57 Å². The minimum absolute atomic E-state index is 0.760. The summed E-state index contributed by atoms with van der Waals surface area (Å²) in [5, 5.41) is 6.35. The Morgan fingerprint density at radius 1 is 0.700 bits per heavy atom. The first-order chi connectivity index (χ1) is 9.63. The zero-order chi connectivity index (χ0) is 13.9. The first-order valence-electron chi connectivity index (χ1n) is 6.40. The Morgan fingerprint density at radius 2 is 1.40 bits per heavy atom.